The molecule has 1 aliphatic rings. The Morgan fingerprint density at radius 1 is 1.30 bits per heavy atom. The molecule has 1 aromatic carbocycles. The minimum atomic E-state index is 0.0815. The van der Waals surface area contributed by atoms with Crippen LogP contribution in [0.4, 0.5) is 4.79 Å². The summed E-state index contributed by atoms with van der Waals surface area (Å²) in [6.45, 7) is 6.35. The molecule has 1 aromatic rings. The van der Waals surface area contributed by atoms with Crippen molar-refractivity contribution in [3.05, 3.63) is 35.9 Å². The predicted octanol–water partition coefficient (Wildman–Crippen LogP) is 1.87. The molecule has 2 N–H and O–H groups in total. The van der Waals surface area contributed by atoms with E-state index < -0.39 is 0 Å². The average Bonchev–Trinajstić information content (AvgIpc) is 2.53. The average molecular weight is 275 g/mol. The SMILES string of the molecule is CCC(CNC(=O)N1CCNCC1)Cc1ccccc1. The summed E-state index contributed by atoms with van der Waals surface area (Å²) in [5, 5.41) is 6.34. The first-order valence-electron chi connectivity index (χ1n) is 7.57. The van der Waals surface area contributed by atoms with Crippen LogP contribution in [-0.2, 0) is 6.42 Å². The molecule has 1 aliphatic heterocycles. The van der Waals surface area contributed by atoms with E-state index in [1.165, 1.54) is 5.56 Å². The zero-order valence-corrected chi connectivity index (χ0v) is 12.3. The number of benzene rings is 1. The summed E-state index contributed by atoms with van der Waals surface area (Å²) in [4.78, 5) is 14.0. The van der Waals surface area contributed by atoms with E-state index in [1.54, 1.807) is 0 Å². The van der Waals surface area contributed by atoms with Crippen LogP contribution in [0.1, 0.15) is 18.9 Å². The van der Waals surface area contributed by atoms with Crippen LogP contribution in [0.25, 0.3) is 0 Å². The first-order valence-corrected chi connectivity index (χ1v) is 7.57. The van der Waals surface area contributed by atoms with Gasteiger partial charge in [-0.25, -0.2) is 4.79 Å². The van der Waals surface area contributed by atoms with Gasteiger partial charge in [0.05, 0.1) is 0 Å². The molecule has 0 bridgehead atoms. The van der Waals surface area contributed by atoms with Gasteiger partial charge in [0, 0.05) is 32.7 Å². The molecular formula is C16H25N3O. The molecule has 110 valence electrons. The first kappa shape index (κ1) is 14.9. The molecule has 1 fully saturated rings. The summed E-state index contributed by atoms with van der Waals surface area (Å²) in [6.07, 6.45) is 2.11. The molecule has 0 saturated carbocycles. The van der Waals surface area contributed by atoms with Crippen LogP contribution in [-0.4, -0.2) is 43.7 Å². The smallest absolute Gasteiger partial charge is 0.317 e. The summed E-state index contributed by atoms with van der Waals surface area (Å²) >= 11 is 0. The van der Waals surface area contributed by atoms with E-state index >= 15 is 0 Å². The summed E-state index contributed by atoms with van der Waals surface area (Å²) < 4.78 is 0. The number of urea groups is 1. The highest BCUT2D eigenvalue weighted by atomic mass is 16.2. The van der Waals surface area contributed by atoms with Gasteiger partial charge in [0.15, 0.2) is 0 Å². The predicted molar refractivity (Wildman–Crippen MR) is 81.8 cm³/mol. The van der Waals surface area contributed by atoms with E-state index in [2.05, 4.69) is 41.8 Å². The van der Waals surface area contributed by atoms with Crippen molar-refractivity contribution in [3.8, 4) is 0 Å². The minimum absolute atomic E-state index is 0.0815. The van der Waals surface area contributed by atoms with Gasteiger partial charge in [-0.2, -0.15) is 0 Å². The Labute approximate surface area is 121 Å². The molecule has 4 heteroatoms. The molecule has 0 radical (unpaired) electrons. The second-order valence-corrected chi connectivity index (χ2v) is 5.39. The van der Waals surface area contributed by atoms with Crippen LogP contribution in [0.15, 0.2) is 30.3 Å². The van der Waals surface area contributed by atoms with Crippen LogP contribution in [0.3, 0.4) is 0 Å². The number of amides is 2. The van der Waals surface area contributed by atoms with Gasteiger partial charge in [0.2, 0.25) is 0 Å². The third kappa shape index (κ3) is 4.53. The van der Waals surface area contributed by atoms with Gasteiger partial charge in [-0.3, -0.25) is 0 Å². The van der Waals surface area contributed by atoms with Crippen molar-refractivity contribution in [1.82, 2.24) is 15.5 Å². The molecular weight excluding hydrogens is 250 g/mol. The molecule has 0 spiro atoms. The van der Waals surface area contributed by atoms with Gasteiger partial charge in [0.25, 0.3) is 0 Å². The summed E-state index contributed by atoms with van der Waals surface area (Å²) in [6, 6.07) is 10.6. The van der Waals surface area contributed by atoms with Gasteiger partial charge in [0.1, 0.15) is 0 Å². The first-order chi connectivity index (χ1) is 9.79. The van der Waals surface area contributed by atoms with E-state index in [-0.39, 0.29) is 6.03 Å². The zero-order chi connectivity index (χ0) is 14.2. The fourth-order valence-electron chi connectivity index (χ4n) is 2.52. The van der Waals surface area contributed by atoms with Crippen molar-refractivity contribution in [2.75, 3.05) is 32.7 Å². The lowest BCUT2D eigenvalue weighted by atomic mass is 9.97. The van der Waals surface area contributed by atoms with Crippen LogP contribution in [0, 0.1) is 5.92 Å². The molecule has 1 atom stereocenters. The minimum Gasteiger partial charge on any atom is -0.338 e. The topological polar surface area (TPSA) is 44.4 Å². The highest BCUT2D eigenvalue weighted by molar-refractivity contribution is 5.74. The molecule has 0 aromatic heterocycles. The number of hydrogen-bond acceptors (Lipinski definition) is 2. The Morgan fingerprint density at radius 3 is 2.65 bits per heavy atom. The summed E-state index contributed by atoms with van der Waals surface area (Å²) in [5.41, 5.74) is 1.34. The van der Waals surface area contributed by atoms with E-state index in [4.69, 9.17) is 0 Å². The molecule has 4 nitrogen and oxygen atoms in total. The third-order valence-electron chi connectivity index (χ3n) is 3.89. The Hall–Kier alpha value is -1.55. The largest absolute Gasteiger partial charge is 0.338 e. The van der Waals surface area contributed by atoms with Crippen molar-refractivity contribution in [2.45, 2.75) is 19.8 Å². The van der Waals surface area contributed by atoms with Crippen LogP contribution in [0.5, 0.6) is 0 Å². The Morgan fingerprint density at radius 2 is 2.00 bits per heavy atom. The number of nitrogens with zero attached hydrogens (tertiary/aromatic N) is 1. The maximum atomic E-state index is 12.1. The number of piperazine rings is 1. The van der Waals surface area contributed by atoms with Gasteiger partial charge in [-0.15, -0.1) is 0 Å². The molecule has 2 amide bonds. The second kappa shape index (κ2) is 7.90. The maximum absolute atomic E-state index is 12.1. The molecule has 0 aliphatic carbocycles. The number of carbonyl (C=O) groups is 1. The number of rotatable bonds is 5. The lowest BCUT2D eigenvalue weighted by Crippen LogP contribution is -2.50. The molecule has 1 saturated heterocycles. The number of carbonyl (C=O) groups excluding carboxylic acids is 1. The highest BCUT2D eigenvalue weighted by Crippen LogP contribution is 2.11. The lowest BCUT2D eigenvalue weighted by Gasteiger charge is -2.28. The lowest BCUT2D eigenvalue weighted by molar-refractivity contribution is 0.188. The normalized spacial score (nSPS) is 16.8. The number of nitrogens with one attached hydrogen (secondary N) is 2. The second-order valence-electron chi connectivity index (χ2n) is 5.39. The third-order valence-corrected chi connectivity index (χ3v) is 3.89. The van der Waals surface area contributed by atoms with E-state index in [1.807, 2.05) is 11.0 Å². The summed E-state index contributed by atoms with van der Waals surface area (Å²) in [7, 11) is 0. The standard InChI is InChI=1S/C16H25N3O/c1-2-14(12-15-6-4-3-5-7-15)13-18-16(20)19-10-8-17-9-11-19/h3-7,14,17H,2,8-13H2,1H3,(H,18,20). The Kier molecular flexibility index (Phi) is 5.87. The van der Waals surface area contributed by atoms with E-state index in [0.717, 1.165) is 45.6 Å². The van der Waals surface area contributed by atoms with Crippen molar-refractivity contribution >= 4 is 6.03 Å². The van der Waals surface area contributed by atoms with Gasteiger partial charge >= 0.3 is 6.03 Å². The molecule has 2 rings (SSSR count). The fraction of sp³-hybridized carbons (Fsp3) is 0.562. The van der Waals surface area contributed by atoms with E-state index in [0.29, 0.717) is 5.92 Å². The maximum Gasteiger partial charge on any atom is 0.317 e. The zero-order valence-electron chi connectivity index (χ0n) is 12.3. The molecule has 1 unspecified atom stereocenters. The van der Waals surface area contributed by atoms with Gasteiger partial charge in [-0.1, -0.05) is 43.7 Å². The monoisotopic (exact) mass is 275 g/mol. The van der Waals surface area contributed by atoms with Crippen LogP contribution >= 0.6 is 0 Å². The van der Waals surface area contributed by atoms with Crippen molar-refractivity contribution < 1.29 is 4.79 Å². The van der Waals surface area contributed by atoms with Crippen LogP contribution < -0.4 is 10.6 Å². The molecule has 20 heavy (non-hydrogen) atoms. The van der Waals surface area contributed by atoms with E-state index in [9.17, 15) is 4.79 Å². The highest BCUT2D eigenvalue weighted by Gasteiger charge is 2.17. The fourth-order valence-corrected chi connectivity index (χ4v) is 2.52. The van der Waals surface area contributed by atoms with Gasteiger partial charge < -0.3 is 15.5 Å². The Bertz CT molecular complexity index is 401. The van der Waals surface area contributed by atoms with Crippen molar-refractivity contribution in [1.29, 1.82) is 0 Å². The summed E-state index contributed by atoms with van der Waals surface area (Å²) in [5.74, 6) is 0.504. The van der Waals surface area contributed by atoms with Gasteiger partial charge in [-0.05, 0) is 17.9 Å². The van der Waals surface area contributed by atoms with Crippen LogP contribution in [0.2, 0.25) is 0 Å². The Balaban J connectivity index is 1.77. The quantitative estimate of drug-likeness (QED) is 0.861. The van der Waals surface area contributed by atoms with Crippen molar-refractivity contribution in [2.24, 2.45) is 5.92 Å². The molecule has 1 heterocycles. The van der Waals surface area contributed by atoms with Crippen molar-refractivity contribution in [3.63, 3.8) is 0 Å². The number of hydrogen-bond donors (Lipinski definition) is 2.